The van der Waals surface area contributed by atoms with Crippen LogP contribution in [0.25, 0.3) is 0 Å². The maximum Gasteiger partial charge on any atom is 0.326 e. The summed E-state index contributed by atoms with van der Waals surface area (Å²) in [4.78, 5) is 1.73. The fraction of sp³-hybridized carbons (Fsp3) is 0.200. The molecule has 0 amide bonds. The maximum absolute atomic E-state index is 12.3. The van der Waals surface area contributed by atoms with E-state index in [-0.39, 0.29) is 0 Å². The van der Waals surface area contributed by atoms with Gasteiger partial charge in [-0.2, -0.15) is 8.42 Å². The van der Waals surface area contributed by atoms with E-state index >= 15 is 0 Å². The second-order valence-corrected chi connectivity index (χ2v) is 4.56. The molecule has 0 atom stereocenters. The molecule has 1 aromatic carbocycles. The van der Waals surface area contributed by atoms with Crippen LogP contribution in [0.4, 0.5) is 9.57 Å². The highest BCUT2D eigenvalue weighted by Crippen LogP contribution is 2.27. The van der Waals surface area contributed by atoms with Crippen LogP contribution in [0.2, 0.25) is 0 Å². The minimum absolute atomic E-state index is 0.578. The van der Waals surface area contributed by atoms with Crippen molar-refractivity contribution >= 4 is 15.9 Å². The van der Waals surface area contributed by atoms with Gasteiger partial charge in [-0.3, -0.25) is 0 Å². The van der Waals surface area contributed by atoms with Gasteiger partial charge in [-0.15, -0.1) is 3.89 Å². The molecule has 1 aliphatic rings. The highest BCUT2D eigenvalue weighted by atomic mass is 32.3. The lowest BCUT2D eigenvalue weighted by Gasteiger charge is -2.12. The van der Waals surface area contributed by atoms with Gasteiger partial charge in [0.05, 0.1) is 5.41 Å². The molecule has 0 fully saturated rings. The maximum atomic E-state index is 12.3. The van der Waals surface area contributed by atoms with E-state index in [2.05, 4.69) is 0 Å². The third kappa shape index (κ3) is 2.36. The zero-order valence-corrected chi connectivity index (χ0v) is 8.74. The minimum atomic E-state index is -4.54. The molecule has 0 spiro atoms. The molecule has 0 N–H and O–H groups in total. The average Bonchev–Trinajstić information content (AvgIpc) is 2.57. The van der Waals surface area contributed by atoms with Gasteiger partial charge in [0, 0.05) is 18.4 Å². The van der Waals surface area contributed by atoms with E-state index in [1.807, 2.05) is 24.3 Å². The number of hydrogen-bond acceptors (Lipinski definition) is 3. The van der Waals surface area contributed by atoms with Gasteiger partial charge in [-0.05, 0) is 18.1 Å². The summed E-state index contributed by atoms with van der Waals surface area (Å²) in [5.41, 5.74) is 2.09. The first-order valence-corrected chi connectivity index (χ1v) is 5.98. The van der Waals surface area contributed by atoms with Crippen LogP contribution in [0, 0.1) is 0 Å². The molecule has 0 unspecified atom stereocenters. The number of nitrogens with zero attached hydrogens (tertiary/aromatic N) is 1. The van der Waals surface area contributed by atoms with Gasteiger partial charge in [-0.25, -0.2) is 0 Å². The van der Waals surface area contributed by atoms with E-state index in [1.54, 1.807) is 4.90 Å². The molecular weight excluding hydrogens is 217 g/mol. The lowest BCUT2D eigenvalue weighted by atomic mass is 10.2. The SMILES string of the molecule is O=S(=O)(F)/C=C/N1CCc2ccccc21. The first kappa shape index (κ1) is 10.2. The quantitative estimate of drug-likeness (QED) is 0.723. The van der Waals surface area contributed by atoms with Crippen molar-refractivity contribution in [2.75, 3.05) is 11.4 Å². The number of benzene rings is 1. The Hall–Kier alpha value is -1.36. The smallest absolute Gasteiger partial charge is 0.326 e. The average molecular weight is 227 g/mol. The summed E-state index contributed by atoms with van der Waals surface area (Å²) in [6.07, 6.45) is 2.12. The molecule has 1 aliphatic heterocycles. The van der Waals surface area contributed by atoms with Crippen molar-refractivity contribution in [2.45, 2.75) is 6.42 Å². The van der Waals surface area contributed by atoms with Crippen LogP contribution in [0.15, 0.2) is 35.9 Å². The summed E-state index contributed by atoms with van der Waals surface area (Å²) in [6.45, 7) is 0.686. The summed E-state index contributed by atoms with van der Waals surface area (Å²) >= 11 is 0. The Kier molecular flexibility index (Phi) is 2.48. The van der Waals surface area contributed by atoms with Crippen molar-refractivity contribution in [1.82, 2.24) is 0 Å². The second-order valence-electron chi connectivity index (χ2n) is 3.33. The summed E-state index contributed by atoms with van der Waals surface area (Å²) in [5, 5.41) is 0.578. The molecule has 0 aliphatic carbocycles. The molecule has 3 nitrogen and oxygen atoms in total. The molecule has 15 heavy (non-hydrogen) atoms. The topological polar surface area (TPSA) is 37.4 Å². The molecule has 2 rings (SSSR count). The predicted octanol–water partition coefficient (Wildman–Crippen LogP) is 1.82. The molecular formula is C10H10FNO2S. The first-order chi connectivity index (χ1) is 7.06. The third-order valence-corrected chi connectivity index (χ3v) is 2.77. The fourth-order valence-corrected chi connectivity index (χ4v) is 1.96. The van der Waals surface area contributed by atoms with Crippen LogP contribution in [0.5, 0.6) is 0 Å². The van der Waals surface area contributed by atoms with Crippen LogP contribution < -0.4 is 4.90 Å². The highest BCUT2D eigenvalue weighted by Gasteiger charge is 2.16. The van der Waals surface area contributed by atoms with Gasteiger partial charge < -0.3 is 4.90 Å². The van der Waals surface area contributed by atoms with E-state index in [1.165, 1.54) is 6.20 Å². The number of halogens is 1. The van der Waals surface area contributed by atoms with Crippen LogP contribution >= 0.6 is 0 Å². The summed E-state index contributed by atoms with van der Waals surface area (Å²) < 4.78 is 32.9. The molecule has 0 bridgehead atoms. The fourth-order valence-electron chi connectivity index (χ4n) is 1.66. The summed E-state index contributed by atoms with van der Waals surface area (Å²) in [6, 6.07) is 7.66. The Balaban J connectivity index is 2.25. The Labute approximate surface area is 88.0 Å². The Morgan fingerprint density at radius 1 is 1.33 bits per heavy atom. The molecule has 1 heterocycles. The normalized spacial score (nSPS) is 15.9. The zero-order chi connectivity index (χ0) is 10.9. The van der Waals surface area contributed by atoms with Crippen LogP contribution in [0.3, 0.4) is 0 Å². The monoisotopic (exact) mass is 227 g/mol. The van der Waals surface area contributed by atoms with Crippen LogP contribution in [-0.4, -0.2) is 15.0 Å². The molecule has 0 radical (unpaired) electrons. The number of para-hydroxylation sites is 1. The number of fused-ring (bicyclic) bond motifs is 1. The summed E-state index contributed by atoms with van der Waals surface area (Å²) in [5.74, 6) is 0. The Bertz CT molecular complexity index is 496. The van der Waals surface area contributed by atoms with E-state index in [0.29, 0.717) is 12.0 Å². The van der Waals surface area contributed by atoms with E-state index in [4.69, 9.17) is 0 Å². The molecule has 80 valence electrons. The van der Waals surface area contributed by atoms with E-state index < -0.39 is 10.2 Å². The third-order valence-electron chi connectivity index (χ3n) is 2.33. The highest BCUT2D eigenvalue weighted by molar-refractivity contribution is 7.89. The molecule has 0 saturated heterocycles. The van der Waals surface area contributed by atoms with E-state index in [9.17, 15) is 12.3 Å². The van der Waals surface area contributed by atoms with Gasteiger partial charge in [0.1, 0.15) is 0 Å². The van der Waals surface area contributed by atoms with E-state index in [0.717, 1.165) is 17.7 Å². The van der Waals surface area contributed by atoms with Crippen molar-refractivity contribution < 1.29 is 12.3 Å². The van der Waals surface area contributed by atoms with Gasteiger partial charge in [0.15, 0.2) is 0 Å². The lowest BCUT2D eigenvalue weighted by Crippen LogP contribution is -2.12. The Morgan fingerprint density at radius 3 is 2.80 bits per heavy atom. The zero-order valence-electron chi connectivity index (χ0n) is 7.93. The standard InChI is InChI=1S/C10H10FNO2S/c11-15(13,14)8-7-12-6-5-9-3-1-2-4-10(9)12/h1-4,7-8H,5-6H2/b8-7+. The van der Waals surface area contributed by atoms with Crippen molar-refractivity contribution in [2.24, 2.45) is 0 Å². The summed E-state index contributed by atoms with van der Waals surface area (Å²) in [7, 11) is -4.54. The second kappa shape index (κ2) is 3.66. The number of anilines is 1. The Morgan fingerprint density at radius 2 is 2.07 bits per heavy atom. The molecule has 5 heteroatoms. The van der Waals surface area contributed by atoms with Gasteiger partial charge >= 0.3 is 10.2 Å². The molecule has 0 aromatic heterocycles. The van der Waals surface area contributed by atoms with Crippen LogP contribution in [0.1, 0.15) is 5.56 Å². The van der Waals surface area contributed by atoms with Gasteiger partial charge in [-0.1, -0.05) is 18.2 Å². The van der Waals surface area contributed by atoms with Gasteiger partial charge in [0.25, 0.3) is 0 Å². The van der Waals surface area contributed by atoms with Gasteiger partial charge in [0.2, 0.25) is 0 Å². The first-order valence-electron chi connectivity index (χ1n) is 4.54. The largest absolute Gasteiger partial charge is 0.347 e. The molecule has 1 aromatic rings. The predicted molar refractivity (Wildman–Crippen MR) is 56.7 cm³/mol. The van der Waals surface area contributed by atoms with Crippen molar-refractivity contribution in [3.05, 3.63) is 41.4 Å². The number of rotatable bonds is 2. The minimum Gasteiger partial charge on any atom is -0.347 e. The van der Waals surface area contributed by atoms with Crippen molar-refractivity contribution in [1.29, 1.82) is 0 Å². The van der Waals surface area contributed by atoms with Crippen molar-refractivity contribution in [3.8, 4) is 0 Å². The van der Waals surface area contributed by atoms with Crippen molar-refractivity contribution in [3.63, 3.8) is 0 Å². The van der Waals surface area contributed by atoms with Crippen LogP contribution in [-0.2, 0) is 16.6 Å². The molecule has 0 saturated carbocycles. The lowest BCUT2D eigenvalue weighted by molar-refractivity contribution is 0.562. The number of hydrogen-bond donors (Lipinski definition) is 0.